The van der Waals surface area contributed by atoms with E-state index in [9.17, 15) is 18.0 Å². The van der Waals surface area contributed by atoms with Crippen LogP contribution in [0.4, 0.5) is 0 Å². The number of aldehydes is 1. The third-order valence-corrected chi connectivity index (χ3v) is 4.26. The van der Waals surface area contributed by atoms with Crippen LogP contribution >= 0.6 is 0 Å². The SMILES string of the molecule is CC(=O)N1CC1(C=O)c1ccc(S(C)(=O)=O)cc1. The standard InChI is InChI=1S/C12H13NO4S/c1-9(15)13-7-12(13,8-14)10-3-5-11(6-4-10)18(2,16)17/h3-6,8H,7H2,1-2H3. The summed E-state index contributed by atoms with van der Waals surface area (Å²) in [6, 6.07) is 6.06. The molecule has 96 valence electrons. The van der Waals surface area contributed by atoms with Gasteiger partial charge in [-0.25, -0.2) is 8.42 Å². The van der Waals surface area contributed by atoms with Crippen LogP contribution in [0.25, 0.3) is 0 Å². The van der Waals surface area contributed by atoms with Crippen LogP contribution in [0.3, 0.4) is 0 Å². The topological polar surface area (TPSA) is 71.3 Å². The fourth-order valence-electron chi connectivity index (χ4n) is 2.00. The van der Waals surface area contributed by atoms with Crippen LogP contribution in [0.15, 0.2) is 29.2 Å². The van der Waals surface area contributed by atoms with E-state index in [4.69, 9.17) is 0 Å². The van der Waals surface area contributed by atoms with Gasteiger partial charge in [0.2, 0.25) is 5.91 Å². The van der Waals surface area contributed by atoms with Gasteiger partial charge in [-0.3, -0.25) is 4.79 Å². The van der Waals surface area contributed by atoms with Gasteiger partial charge in [0.15, 0.2) is 16.1 Å². The molecule has 0 saturated carbocycles. The first-order valence-electron chi connectivity index (χ1n) is 5.36. The lowest BCUT2D eigenvalue weighted by molar-refractivity contribution is -0.127. The lowest BCUT2D eigenvalue weighted by atomic mass is 10.0. The highest BCUT2D eigenvalue weighted by molar-refractivity contribution is 7.90. The summed E-state index contributed by atoms with van der Waals surface area (Å²) >= 11 is 0. The van der Waals surface area contributed by atoms with E-state index < -0.39 is 15.4 Å². The molecule has 1 aliphatic rings. The summed E-state index contributed by atoms with van der Waals surface area (Å²) in [6.07, 6.45) is 1.85. The molecule has 0 aromatic heterocycles. The molecule has 0 N–H and O–H groups in total. The molecule has 0 spiro atoms. The minimum atomic E-state index is -3.25. The van der Waals surface area contributed by atoms with E-state index in [0.29, 0.717) is 12.1 Å². The van der Waals surface area contributed by atoms with Gasteiger partial charge in [-0.15, -0.1) is 0 Å². The third-order valence-electron chi connectivity index (χ3n) is 3.13. The lowest BCUT2D eigenvalue weighted by Crippen LogP contribution is -2.21. The van der Waals surface area contributed by atoms with Gasteiger partial charge in [-0.2, -0.15) is 0 Å². The van der Waals surface area contributed by atoms with E-state index in [1.165, 1.54) is 24.0 Å². The van der Waals surface area contributed by atoms with Crippen LogP contribution in [-0.4, -0.2) is 38.3 Å². The number of nitrogens with zero attached hydrogens (tertiary/aromatic N) is 1. The highest BCUT2D eigenvalue weighted by Gasteiger charge is 2.55. The average Bonchev–Trinajstić information content (AvgIpc) is 3.04. The maximum absolute atomic E-state index is 11.3. The molecule has 0 bridgehead atoms. The fraction of sp³-hybridized carbons (Fsp3) is 0.333. The molecule has 1 fully saturated rings. The number of hydrogen-bond acceptors (Lipinski definition) is 4. The van der Waals surface area contributed by atoms with E-state index in [-0.39, 0.29) is 10.8 Å². The van der Waals surface area contributed by atoms with Gasteiger partial charge in [-0.1, -0.05) is 12.1 Å². The number of sulfone groups is 1. The molecule has 6 heteroatoms. The average molecular weight is 267 g/mol. The van der Waals surface area contributed by atoms with Gasteiger partial charge in [-0.05, 0) is 17.7 Å². The smallest absolute Gasteiger partial charge is 0.220 e. The van der Waals surface area contributed by atoms with Crippen LogP contribution in [-0.2, 0) is 25.0 Å². The number of carbonyl (C=O) groups is 2. The van der Waals surface area contributed by atoms with E-state index in [1.807, 2.05) is 0 Å². The molecule has 5 nitrogen and oxygen atoms in total. The Morgan fingerprint density at radius 2 is 1.89 bits per heavy atom. The van der Waals surface area contributed by atoms with Crippen LogP contribution < -0.4 is 0 Å². The van der Waals surface area contributed by atoms with E-state index in [0.717, 1.165) is 12.5 Å². The van der Waals surface area contributed by atoms with Crippen molar-refractivity contribution in [2.75, 3.05) is 12.8 Å². The van der Waals surface area contributed by atoms with Crippen LogP contribution in [0.2, 0.25) is 0 Å². The van der Waals surface area contributed by atoms with E-state index >= 15 is 0 Å². The van der Waals surface area contributed by atoms with Gasteiger partial charge < -0.3 is 9.69 Å². The number of benzene rings is 1. The van der Waals surface area contributed by atoms with Crippen molar-refractivity contribution < 1.29 is 18.0 Å². The third kappa shape index (κ3) is 1.92. The second-order valence-electron chi connectivity index (χ2n) is 4.44. The first-order valence-corrected chi connectivity index (χ1v) is 7.25. The number of amides is 1. The first kappa shape index (κ1) is 12.8. The summed E-state index contributed by atoms with van der Waals surface area (Å²) in [6.45, 7) is 1.75. The van der Waals surface area contributed by atoms with Crippen molar-refractivity contribution in [3.63, 3.8) is 0 Å². The Morgan fingerprint density at radius 3 is 2.22 bits per heavy atom. The lowest BCUT2D eigenvalue weighted by Gasteiger charge is -2.10. The molecule has 1 aromatic rings. The summed E-state index contributed by atoms with van der Waals surface area (Å²) in [5, 5.41) is 0. The summed E-state index contributed by atoms with van der Waals surface area (Å²) in [5.74, 6) is -0.172. The number of hydrogen-bond donors (Lipinski definition) is 0. The molecule has 0 radical (unpaired) electrons. The van der Waals surface area contributed by atoms with E-state index in [1.54, 1.807) is 12.1 Å². The molecular formula is C12H13NO4S. The van der Waals surface area contributed by atoms with Gasteiger partial charge in [0, 0.05) is 13.2 Å². The summed E-state index contributed by atoms with van der Waals surface area (Å²) in [5.41, 5.74) is -0.262. The second-order valence-corrected chi connectivity index (χ2v) is 6.46. The predicted octanol–water partition coefficient (Wildman–Crippen LogP) is 0.346. The molecule has 1 atom stereocenters. The van der Waals surface area contributed by atoms with Gasteiger partial charge >= 0.3 is 0 Å². The Morgan fingerprint density at radius 1 is 1.33 bits per heavy atom. The van der Waals surface area contributed by atoms with Gasteiger partial charge in [0.25, 0.3) is 0 Å². The van der Waals surface area contributed by atoms with Crippen molar-refractivity contribution in [1.29, 1.82) is 0 Å². The van der Waals surface area contributed by atoms with Gasteiger partial charge in [0.1, 0.15) is 5.54 Å². The minimum absolute atomic E-state index is 0.172. The molecule has 0 aliphatic carbocycles. The van der Waals surface area contributed by atoms with Crippen molar-refractivity contribution in [3.05, 3.63) is 29.8 Å². The summed E-state index contributed by atoms with van der Waals surface area (Å²) < 4.78 is 22.6. The quantitative estimate of drug-likeness (QED) is 0.585. The molecule has 1 amide bonds. The zero-order valence-corrected chi connectivity index (χ0v) is 10.9. The number of rotatable bonds is 3. The number of carbonyl (C=O) groups excluding carboxylic acids is 2. The van der Waals surface area contributed by atoms with Crippen molar-refractivity contribution in [1.82, 2.24) is 4.90 Å². The van der Waals surface area contributed by atoms with Crippen LogP contribution in [0.5, 0.6) is 0 Å². The van der Waals surface area contributed by atoms with Crippen LogP contribution in [0.1, 0.15) is 12.5 Å². The normalized spacial score (nSPS) is 22.7. The largest absolute Gasteiger partial charge is 0.321 e. The Balaban J connectivity index is 2.37. The van der Waals surface area contributed by atoms with E-state index in [2.05, 4.69) is 0 Å². The molecule has 1 saturated heterocycles. The zero-order valence-electron chi connectivity index (χ0n) is 10.1. The molecule has 1 aromatic carbocycles. The first-order chi connectivity index (χ1) is 8.31. The van der Waals surface area contributed by atoms with Crippen molar-refractivity contribution in [2.24, 2.45) is 0 Å². The molecule has 1 heterocycles. The van der Waals surface area contributed by atoms with Crippen molar-refractivity contribution >= 4 is 22.0 Å². The molecule has 1 unspecified atom stereocenters. The Kier molecular flexibility index (Phi) is 2.77. The molecule has 2 rings (SSSR count). The summed E-state index contributed by atoms with van der Waals surface area (Å²) in [4.78, 5) is 24.1. The maximum Gasteiger partial charge on any atom is 0.220 e. The molecular weight excluding hydrogens is 254 g/mol. The highest BCUT2D eigenvalue weighted by Crippen LogP contribution is 2.40. The van der Waals surface area contributed by atoms with Crippen molar-refractivity contribution in [2.45, 2.75) is 17.4 Å². The fourth-order valence-corrected chi connectivity index (χ4v) is 2.64. The zero-order chi connectivity index (χ0) is 13.6. The summed E-state index contributed by atoms with van der Waals surface area (Å²) in [7, 11) is -3.25. The predicted molar refractivity (Wildman–Crippen MR) is 64.7 cm³/mol. The minimum Gasteiger partial charge on any atom is -0.321 e. The Hall–Kier alpha value is -1.69. The highest BCUT2D eigenvalue weighted by atomic mass is 32.2. The van der Waals surface area contributed by atoms with Crippen molar-refractivity contribution in [3.8, 4) is 0 Å². The Bertz CT molecular complexity index is 605. The molecule has 1 aliphatic heterocycles. The van der Waals surface area contributed by atoms with Gasteiger partial charge in [0.05, 0.1) is 11.4 Å². The Labute approximate surface area is 105 Å². The maximum atomic E-state index is 11.3. The second kappa shape index (κ2) is 3.91. The molecule has 18 heavy (non-hydrogen) atoms. The monoisotopic (exact) mass is 267 g/mol. The van der Waals surface area contributed by atoms with Crippen LogP contribution in [0, 0.1) is 0 Å².